The van der Waals surface area contributed by atoms with Gasteiger partial charge >= 0.3 is 5.97 Å². The van der Waals surface area contributed by atoms with Crippen LogP contribution in [0.4, 0.5) is 0 Å². The number of hydrogen-bond donors (Lipinski definition) is 0. The van der Waals surface area contributed by atoms with Crippen LogP contribution in [0, 0.1) is 0 Å². The Labute approximate surface area is 69.8 Å². The molecule has 4 heteroatoms. The predicted molar refractivity (Wildman–Crippen MR) is 38.5 cm³/mol. The fourth-order valence-electron chi connectivity index (χ4n) is 1.68. The molecule has 0 bridgehead atoms. The molecule has 2 aliphatic rings. The van der Waals surface area contributed by atoms with Gasteiger partial charge in [0.25, 0.3) is 0 Å². The zero-order valence-corrected chi connectivity index (χ0v) is 6.83. The van der Waals surface area contributed by atoms with Crippen molar-refractivity contribution in [2.75, 3.05) is 6.61 Å². The van der Waals surface area contributed by atoms with Gasteiger partial charge in [-0.3, -0.25) is 4.79 Å². The van der Waals surface area contributed by atoms with Gasteiger partial charge in [0.1, 0.15) is 6.10 Å². The molecule has 0 N–H and O–H groups in total. The van der Waals surface area contributed by atoms with E-state index in [0.717, 1.165) is 0 Å². The molecular formula is C8H10O4. The van der Waals surface area contributed by atoms with Gasteiger partial charge in [-0.15, -0.1) is 0 Å². The number of ketones is 1. The Morgan fingerprint density at radius 1 is 1.83 bits per heavy atom. The van der Waals surface area contributed by atoms with Gasteiger partial charge < -0.3 is 9.47 Å². The summed E-state index contributed by atoms with van der Waals surface area (Å²) < 4.78 is 9.80. The fraction of sp³-hybridized carbons (Fsp3) is 0.750. The van der Waals surface area contributed by atoms with Gasteiger partial charge in [0, 0.05) is 6.42 Å². The number of epoxide rings is 1. The normalized spacial score (nSPS) is 37.8. The topological polar surface area (TPSA) is 55.9 Å². The number of fused-ring (bicyclic) bond motifs is 1. The molecule has 2 atom stereocenters. The van der Waals surface area contributed by atoms with E-state index in [1.54, 1.807) is 6.92 Å². The van der Waals surface area contributed by atoms with Gasteiger partial charge in [0.05, 0.1) is 6.61 Å². The minimum atomic E-state index is -1.17. The lowest BCUT2D eigenvalue weighted by atomic mass is 10.1. The molecule has 2 rings (SSSR count). The molecule has 0 amide bonds. The van der Waals surface area contributed by atoms with Crippen LogP contribution in [0.5, 0.6) is 0 Å². The number of carbonyl (C=O) groups excluding carboxylic acids is 2. The highest BCUT2D eigenvalue weighted by atomic mass is 16.7. The predicted octanol–water partition coefficient (Wildman–Crippen LogP) is 0.0500. The Morgan fingerprint density at radius 2 is 2.58 bits per heavy atom. The Bertz CT molecular complexity index is 247. The van der Waals surface area contributed by atoms with E-state index < -0.39 is 11.6 Å². The summed E-state index contributed by atoms with van der Waals surface area (Å²) in [5.74, 6) is -0.622. The number of rotatable bonds is 2. The van der Waals surface area contributed by atoms with Crippen molar-refractivity contribution in [2.24, 2.45) is 0 Å². The molecule has 12 heavy (non-hydrogen) atoms. The lowest BCUT2D eigenvalue weighted by molar-refractivity contribution is -0.153. The average molecular weight is 170 g/mol. The lowest BCUT2D eigenvalue weighted by Crippen LogP contribution is -2.34. The van der Waals surface area contributed by atoms with E-state index in [2.05, 4.69) is 0 Å². The summed E-state index contributed by atoms with van der Waals surface area (Å²) in [5, 5.41) is 0. The number of hydrogen-bond acceptors (Lipinski definition) is 4. The Balaban J connectivity index is 2.13. The zero-order chi connectivity index (χ0) is 8.77. The molecule has 1 heterocycles. The van der Waals surface area contributed by atoms with Crippen molar-refractivity contribution in [3.8, 4) is 0 Å². The van der Waals surface area contributed by atoms with E-state index in [1.165, 1.54) is 0 Å². The van der Waals surface area contributed by atoms with Crippen molar-refractivity contribution in [1.82, 2.24) is 0 Å². The molecule has 4 nitrogen and oxygen atoms in total. The molecule has 0 radical (unpaired) electrons. The van der Waals surface area contributed by atoms with Crippen molar-refractivity contribution in [2.45, 2.75) is 31.5 Å². The smallest absolute Gasteiger partial charge is 0.349 e. The summed E-state index contributed by atoms with van der Waals surface area (Å²) in [4.78, 5) is 22.5. The molecule has 1 aliphatic heterocycles. The summed E-state index contributed by atoms with van der Waals surface area (Å²) in [6.07, 6.45) is 0.922. The SMILES string of the molecule is CCOC(=O)C12OC1CCC2=O. The lowest BCUT2D eigenvalue weighted by Gasteiger charge is -2.05. The van der Waals surface area contributed by atoms with E-state index in [9.17, 15) is 9.59 Å². The molecule has 66 valence electrons. The van der Waals surface area contributed by atoms with Crippen LogP contribution in [0.1, 0.15) is 19.8 Å². The first kappa shape index (κ1) is 7.73. The molecule has 1 aliphatic carbocycles. The van der Waals surface area contributed by atoms with Crippen LogP contribution in [-0.2, 0) is 19.1 Å². The first-order chi connectivity index (χ1) is 5.71. The van der Waals surface area contributed by atoms with Gasteiger partial charge in [-0.05, 0) is 13.3 Å². The van der Waals surface area contributed by atoms with Crippen LogP contribution in [0.25, 0.3) is 0 Å². The molecule has 0 aromatic heterocycles. The van der Waals surface area contributed by atoms with Gasteiger partial charge in [-0.2, -0.15) is 0 Å². The van der Waals surface area contributed by atoms with Crippen LogP contribution >= 0.6 is 0 Å². The second-order valence-corrected chi connectivity index (χ2v) is 3.02. The third-order valence-electron chi connectivity index (χ3n) is 2.35. The van der Waals surface area contributed by atoms with Gasteiger partial charge in [0.2, 0.25) is 5.60 Å². The third kappa shape index (κ3) is 0.756. The molecule has 2 fully saturated rings. The molecule has 0 aromatic rings. The third-order valence-corrected chi connectivity index (χ3v) is 2.35. The van der Waals surface area contributed by atoms with Crippen LogP contribution in [0.15, 0.2) is 0 Å². The van der Waals surface area contributed by atoms with Crippen LogP contribution in [0.2, 0.25) is 0 Å². The Kier molecular flexibility index (Phi) is 1.48. The van der Waals surface area contributed by atoms with E-state index in [4.69, 9.17) is 9.47 Å². The first-order valence-electron chi connectivity index (χ1n) is 4.10. The molecular weight excluding hydrogens is 160 g/mol. The summed E-state index contributed by atoms with van der Waals surface area (Å²) in [6, 6.07) is 0. The van der Waals surface area contributed by atoms with Crippen LogP contribution in [-0.4, -0.2) is 30.1 Å². The number of carbonyl (C=O) groups is 2. The van der Waals surface area contributed by atoms with Gasteiger partial charge in [-0.1, -0.05) is 0 Å². The second-order valence-electron chi connectivity index (χ2n) is 3.02. The second kappa shape index (κ2) is 2.29. The van der Waals surface area contributed by atoms with Crippen molar-refractivity contribution in [3.05, 3.63) is 0 Å². The minimum absolute atomic E-state index is 0.119. The highest BCUT2D eigenvalue weighted by Crippen LogP contribution is 2.48. The highest BCUT2D eigenvalue weighted by molar-refractivity contribution is 6.12. The number of ether oxygens (including phenoxy) is 2. The van der Waals surface area contributed by atoms with Crippen molar-refractivity contribution < 1.29 is 19.1 Å². The maximum atomic E-state index is 11.3. The quantitative estimate of drug-likeness (QED) is 0.334. The molecule has 1 saturated carbocycles. The number of Topliss-reactive ketones (excluding diaryl/α,β-unsaturated/α-hetero) is 1. The fourth-order valence-corrected chi connectivity index (χ4v) is 1.68. The summed E-state index contributed by atoms with van der Waals surface area (Å²) >= 11 is 0. The van der Waals surface area contributed by atoms with Crippen molar-refractivity contribution in [3.63, 3.8) is 0 Å². The maximum absolute atomic E-state index is 11.3. The first-order valence-corrected chi connectivity index (χ1v) is 4.10. The summed E-state index contributed by atoms with van der Waals surface area (Å²) in [5.41, 5.74) is -1.17. The minimum Gasteiger partial charge on any atom is -0.463 e. The summed E-state index contributed by atoms with van der Waals surface area (Å²) in [6.45, 7) is 2.01. The molecule has 0 aromatic carbocycles. The van der Waals surface area contributed by atoms with Crippen LogP contribution < -0.4 is 0 Å². The molecule has 0 spiro atoms. The Morgan fingerprint density at radius 3 is 3.00 bits per heavy atom. The largest absolute Gasteiger partial charge is 0.463 e. The van der Waals surface area contributed by atoms with E-state index >= 15 is 0 Å². The zero-order valence-electron chi connectivity index (χ0n) is 6.83. The van der Waals surface area contributed by atoms with Gasteiger partial charge in [0.15, 0.2) is 5.78 Å². The van der Waals surface area contributed by atoms with E-state index in [0.29, 0.717) is 19.4 Å². The van der Waals surface area contributed by atoms with E-state index in [1.807, 2.05) is 0 Å². The van der Waals surface area contributed by atoms with Crippen LogP contribution in [0.3, 0.4) is 0 Å². The molecule has 1 saturated heterocycles. The summed E-state index contributed by atoms with van der Waals surface area (Å²) in [7, 11) is 0. The number of esters is 1. The molecule has 2 unspecified atom stereocenters. The van der Waals surface area contributed by atoms with Gasteiger partial charge in [-0.25, -0.2) is 4.79 Å². The Hall–Kier alpha value is -0.900. The monoisotopic (exact) mass is 170 g/mol. The standard InChI is InChI=1S/C8H10O4/c1-2-11-7(10)8-5(9)3-4-6(8)12-8/h6H,2-4H2,1H3. The average Bonchev–Trinajstić information content (AvgIpc) is 2.69. The van der Waals surface area contributed by atoms with E-state index in [-0.39, 0.29) is 11.9 Å². The van der Waals surface area contributed by atoms with Crippen molar-refractivity contribution >= 4 is 11.8 Å². The maximum Gasteiger partial charge on any atom is 0.349 e. The van der Waals surface area contributed by atoms with Crippen molar-refractivity contribution in [1.29, 1.82) is 0 Å². The highest BCUT2D eigenvalue weighted by Gasteiger charge is 2.72.